The number of aromatic nitrogens is 1. The molecule has 100 valence electrons. The number of rotatable bonds is 3. The van der Waals surface area contributed by atoms with Crippen molar-refractivity contribution in [1.82, 2.24) is 4.98 Å². The Labute approximate surface area is 109 Å². The lowest BCUT2D eigenvalue weighted by molar-refractivity contribution is -0.138. The number of benzene rings is 1. The zero-order valence-corrected chi connectivity index (χ0v) is 10.1. The van der Waals surface area contributed by atoms with Crippen molar-refractivity contribution in [2.75, 3.05) is 0 Å². The van der Waals surface area contributed by atoms with Crippen molar-refractivity contribution in [3.63, 3.8) is 0 Å². The summed E-state index contributed by atoms with van der Waals surface area (Å²) < 4.78 is 38.6. The predicted octanol–water partition coefficient (Wildman–Crippen LogP) is 3.34. The third-order valence-corrected chi connectivity index (χ3v) is 2.84. The first kappa shape index (κ1) is 13.5. The Morgan fingerprint density at radius 3 is 2.47 bits per heavy atom. The van der Waals surface area contributed by atoms with E-state index in [-0.39, 0.29) is 5.56 Å². The molecule has 2 nitrogen and oxygen atoms in total. The van der Waals surface area contributed by atoms with Gasteiger partial charge in [0.2, 0.25) is 0 Å². The molecule has 2 N–H and O–H groups in total. The summed E-state index contributed by atoms with van der Waals surface area (Å²) in [4.78, 5) is 3.92. The monoisotopic (exact) mass is 266 g/mol. The fourth-order valence-corrected chi connectivity index (χ4v) is 1.96. The van der Waals surface area contributed by atoms with Gasteiger partial charge in [0.05, 0.1) is 5.56 Å². The number of nitrogens with two attached hydrogens (primary N) is 1. The molecule has 0 spiro atoms. The molecule has 0 aliphatic rings. The van der Waals surface area contributed by atoms with Gasteiger partial charge in [-0.15, -0.1) is 0 Å². The van der Waals surface area contributed by atoms with Gasteiger partial charge in [-0.05, 0) is 29.7 Å². The molecule has 0 bridgehead atoms. The van der Waals surface area contributed by atoms with Crippen molar-refractivity contribution in [1.29, 1.82) is 0 Å². The number of hydrogen-bond acceptors (Lipinski definition) is 2. The zero-order chi connectivity index (χ0) is 13.9. The van der Waals surface area contributed by atoms with Crippen LogP contribution in [0.4, 0.5) is 13.2 Å². The molecule has 0 fully saturated rings. The van der Waals surface area contributed by atoms with Crippen molar-refractivity contribution in [2.45, 2.75) is 18.6 Å². The highest BCUT2D eigenvalue weighted by Crippen LogP contribution is 2.34. The molecule has 1 unspecified atom stereocenters. The Hall–Kier alpha value is -1.88. The highest BCUT2D eigenvalue weighted by Gasteiger charge is 2.34. The number of halogens is 3. The largest absolute Gasteiger partial charge is 0.416 e. The van der Waals surface area contributed by atoms with Crippen LogP contribution in [0.5, 0.6) is 0 Å². The average molecular weight is 266 g/mol. The van der Waals surface area contributed by atoms with Crippen LogP contribution in [0.2, 0.25) is 0 Å². The number of nitrogens with zero attached hydrogens (tertiary/aromatic N) is 1. The lowest BCUT2D eigenvalue weighted by Crippen LogP contribution is -2.19. The van der Waals surface area contributed by atoms with Crippen molar-refractivity contribution in [3.05, 3.63) is 65.5 Å². The van der Waals surface area contributed by atoms with Gasteiger partial charge in [-0.25, -0.2) is 0 Å². The van der Waals surface area contributed by atoms with E-state index in [0.717, 1.165) is 11.6 Å². The standard InChI is InChI=1S/C14H13F3N2/c15-14(16,17)12-6-2-1-5-11(12)13(18)8-10-4-3-7-19-9-10/h1-7,9,13H,8,18H2. The van der Waals surface area contributed by atoms with Crippen LogP contribution in [0.15, 0.2) is 48.8 Å². The minimum Gasteiger partial charge on any atom is -0.324 e. The van der Waals surface area contributed by atoms with Gasteiger partial charge >= 0.3 is 6.18 Å². The average Bonchev–Trinajstić information content (AvgIpc) is 2.39. The molecule has 1 aromatic heterocycles. The van der Waals surface area contributed by atoms with E-state index in [1.165, 1.54) is 12.1 Å². The molecule has 0 saturated carbocycles. The van der Waals surface area contributed by atoms with Crippen LogP contribution < -0.4 is 5.73 Å². The fourth-order valence-electron chi connectivity index (χ4n) is 1.96. The van der Waals surface area contributed by atoms with Crippen LogP contribution in [0.1, 0.15) is 22.7 Å². The van der Waals surface area contributed by atoms with Crippen LogP contribution in [0, 0.1) is 0 Å². The van der Waals surface area contributed by atoms with Crippen molar-refractivity contribution in [3.8, 4) is 0 Å². The van der Waals surface area contributed by atoms with Crippen LogP contribution in [0.25, 0.3) is 0 Å². The van der Waals surface area contributed by atoms with Gasteiger partial charge in [-0.1, -0.05) is 24.3 Å². The Balaban J connectivity index is 2.27. The summed E-state index contributed by atoms with van der Waals surface area (Å²) in [6, 6.07) is 8.22. The number of pyridine rings is 1. The van der Waals surface area contributed by atoms with Crippen molar-refractivity contribution in [2.24, 2.45) is 5.73 Å². The molecule has 1 aromatic carbocycles. The lowest BCUT2D eigenvalue weighted by atomic mass is 9.96. The normalized spacial score (nSPS) is 13.3. The lowest BCUT2D eigenvalue weighted by Gasteiger charge is -2.18. The second-order valence-corrected chi connectivity index (χ2v) is 4.26. The first-order valence-corrected chi connectivity index (χ1v) is 5.79. The molecular formula is C14H13F3N2. The second kappa shape index (κ2) is 5.40. The molecule has 5 heteroatoms. The van der Waals surface area contributed by atoms with Gasteiger partial charge in [0, 0.05) is 18.4 Å². The highest BCUT2D eigenvalue weighted by atomic mass is 19.4. The summed E-state index contributed by atoms with van der Waals surface area (Å²) >= 11 is 0. The molecule has 2 aromatic rings. The van der Waals surface area contributed by atoms with Crippen LogP contribution in [-0.2, 0) is 12.6 Å². The quantitative estimate of drug-likeness (QED) is 0.925. The Kier molecular flexibility index (Phi) is 3.85. The summed E-state index contributed by atoms with van der Waals surface area (Å²) in [5.41, 5.74) is 6.14. The van der Waals surface area contributed by atoms with E-state index in [9.17, 15) is 13.2 Å². The second-order valence-electron chi connectivity index (χ2n) is 4.26. The third kappa shape index (κ3) is 3.32. The molecule has 0 saturated heterocycles. The zero-order valence-electron chi connectivity index (χ0n) is 10.1. The fraction of sp³-hybridized carbons (Fsp3) is 0.214. The van der Waals surface area contributed by atoms with Crippen LogP contribution >= 0.6 is 0 Å². The summed E-state index contributed by atoms with van der Waals surface area (Å²) in [6.45, 7) is 0. The highest BCUT2D eigenvalue weighted by molar-refractivity contribution is 5.33. The van der Waals surface area contributed by atoms with E-state index in [2.05, 4.69) is 4.98 Å². The van der Waals surface area contributed by atoms with Gasteiger partial charge in [0.25, 0.3) is 0 Å². The minimum absolute atomic E-state index is 0.110. The van der Waals surface area contributed by atoms with Gasteiger partial charge in [0.15, 0.2) is 0 Å². The summed E-state index contributed by atoms with van der Waals surface area (Å²) in [6.07, 6.45) is -0.848. The number of alkyl halides is 3. The van der Waals surface area contributed by atoms with E-state index >= 15 is 0 Å². The molecule has 2 rings (SSSR count). The van der Waals surface area contributed by atoms with Gasteiger partial charge in [0.1, 0.15) is 0 Å². The maximum Gasteiger partial charge on any atom is 0.416 e. The van der Waals surface area contributed by atoms with Gasteiger partial charge in [-0.3, -0.25) is 4.98 Å². The Morgan fingerprint density at radius 1 is 1.11 bits per heavy atom. The summed E-state index contributed by atoms with van der Waals surface area (Å²) in [5.74, 6) is 0. The van der Waals surface area contributed by atoms with Crippen LogP contribution in [-0.4, -0.2) is 4.98 Å². The molecule has 0 radical (unpaired) electrons. The van der Waals surface area contributed by atoms with Gasteiger partial charge in [-0.2, -0.15) is 13.2 Å². The topological polar surface area (TPSA) is 38.9 Å². The van der Waals surface area contributed by atoms with E-state index in [4.69, 9.17) is 5.73 Å². The molecule has 1 atom stereocenters. The Bertz CT molecular complexity index is 538. The SMILES string of the molecule is NC(Cc1cccnc1)c1ccccc1C(F)(F)F. The van der Waals surface area contributed by atoms with Crippen LogP contribution in [0.3, 0.4) is 0 Å². The molecule has 0 amide bonds. The maximum atomic E-state index is 12.9. The van der Waals surface area contributed by atoms with Crippen molar-refractivity contribution >= 4 is 0 Å². The first-order valence-electron chi connectivity index (χ1n) is 5.79. The molecule has 0 aliphatic carbocycles. The van der Waals surface area contributed by atoms with Gasteiger partial charge < -0.3 is 5.73 Å². The first-order chi connectivity index (χ1) is 8.98. The molecule has 1 heterocycles. The Morgan fingerprint density at radius 2 is 1.84 bits per heavy atom. The molecule has 0 aliphatic heterocycles. The maximum absolute atomic E-state index is 12.9. The van der Waals surface area contributed by atoms with E-state index in [1.54, 1.807) is 30.6 Å². The summed E-state index contributed by atoms with van der Waals surface area (Å²) in [5, 5.41) is 0. The summed E-state index contributed by atoms with van der Waals surface area (Å²) in [7, 11) is 0. The molecular weight excluding hydrogens is 253 g/mol. The number of hydrogen-bond donors (Lipinski definition) is 1. The van der Waals surface area contributed by atoms with E-state index in [1.807, 2.05) is 0 Å². The van der Waals surface area contributed by atoms with Crippen molar-refractivity contribution < 1.29 is 13.2 Å². The minimum atomic E-state index is -4.39. The van der Waals surface area contributed by atoms with E-state index < -0.39 is 17.8 Å². The predicted molar refractivity (Wildman–Crippen MR) is 66.3 cm³/mol. The third-order valence-electron chi connectivity index (χ3n) is 2.84. The van der Waals surface area contributed by atoms with E-state index in [0.29, 0.717) is 6.42 Å². The molecule has 19 heavy (non-hydrogen) atoms. The smallest absolute Gasteiger partial charge is 0.324 e.